The number of hydrogen-bond donors (Lipinski definition) is 0. The zero-order valence-corrected chi connectivity index (χ0v) is 22.5. The Labute approximate surface area is 194 Å². The second-order valence-corrected chi connectivity index (χ2v) is 8.55. The zero-order chi connectivity index (χ0) is 24.4. The second-order valence-electron chi connectivity index (χ2n) is 8.55. The fraction of sp³-hybridized carbons (Fsp3) is 0.586. The third kappa shape index (κ3) is 14.6. The van der Waals surface area contributed by atoms with Crippen LogP contribution in [0.15, 0.2) is 48.5 Å². The Balaban J connectivity index is 0. The molecule has 2 aromatic rings. The molecule has 0 aliphatic heterocycles. The van der Waals surface area contributed by atoms with Gasteiger partial charge in [0.05, 0.1) is 6.10 Å². The molecule has 0 unspecified atom stereocenters. The minimum absolute atomic E-state index is 0.0634. The van der Waals surface area contributed by atoms with Crippen LogP contribution in [0.2, 0.25) is 0 Å². The standard InChI is InChI=1S/2C12H18O.C3H8.C2H6/c1-9(2)11-7-5-6-8-12(11)13-10(3)4;1-5-12(3,4)13-11-9-7-6-8-10(11)2;1-3-2;1-2/h5-10H,1-4H3;6-9H,5H2,1-4H3;3H2,1-2H3;1-2H3. The van der Waals surface area contributed by atoms with Gasteiger partial charge < -0.3 is 9.47 Å². The van der Waals surface area contributed by atoms with Gasteiger partial charge in [0, 0.05) is 0 Å². The molecule has 0 aromatic heterocycles. The smallest absolute Gasteiger partial charge is 0.123 e. The van der Waals surface area contributed by atoms with E-state index >= 15 is 0 Å². The third-order valence-corrected chi connectivity index (χ3v) is 4.23. The first-order valence-corrected chi connectivity index (χ1v) is 12.1. The summed E-state index contributed by atoms with van der Waals surface area (Å²) < 4.78 is 11.6. The van der Waals surface area contributed by atoms with Crippen LogP contribution >= 0.6 is 0 Å². The fourth-order valence-corrected chi connectivity index (χ4v) is 2.36. The normalized spacial score (nSPS) is 10.1. The van der Waals surface area contributed by atoms with Gasteiger partial charge in [0.1, 0.15) is 17.1 Å². The lowest BCUT2D eigenvalue weighted by atomic mass is 10.0. The highest BCUT2D eigenvalue weighted by atomic mass is 16.5. The lowest BCUT2D eigenvalue weighted by Crippen LogP contribution is -2.27. The molecule has 2 nitrogen and oxygen atoms in total. The maximum absolute atomic E-state index is 5.88. The van der Waals surface area contributed by atoms with E-state index in [1.165, 1.54) is 17.5 Å². The molecule has 0 spiro atoms. The van der Waals surface area contributed by atoms with E-state index in [9.17, 15) is 0 Å². The number of aryl methyl sites for hydroxylation is 1. The predicted octanol–water partition coefficient (Wildman–Crippen LogP) is 9.60. The average molecular weight is 431 g/mol. The van der Waals surface area contributed by atoms with Gasteiger partial charge in [0.2, 0.25) is 0 Å². The molecule has 2 aromatic carbocycles. The first kappa shape index (κ1) is 31.2. The SMILES string of the molecule is CC.CC(C)Oc1ccccc1C(C)C.CCC.CCC(C)(C)Oc1ccccc1C. The number of hydrogen-bond acceptors (Lipinski definition) is 2. The summed E-state index contributed by atoms with van der Waals surface area (Å²) in [6.07, 6.45) is 2.52. The molecule has 31 heavy (non-hydrogen) atoms. The van der Waals surface area contributed by atoms with Crippen LogP contribution in [0.25, 0.3) is 0 Å². The molecule has 0 bridgehead atoms. The summed E-state index contributed by atoms with van der Waals surface area (Å²) in [6.45, 7) is 25.2. The molecule has 0 radical (unpaired) electrons. The van der Waals surface area contributed by atoms with Crippen molar-refractivity contribution in [2.45, 2.75) is 114 Å². The van der Waals surface area contributed by atoms with Crippen molar-refractivity contribution >= 4 is 0 Å². The molecule has 0 heterocycles. The van der Waals surface area contributed by atoms with Crippen molar-refractivity contribution in [1.82, 2.24) is 0 Å². The first-order chi connectivity index (χ1) is 14.6. The van der Waals surface area contributed by atoms with Gasteiger partial charge >= 0.3 is 0 Å². The average Bonchev–Trinajstić information content (AvgIpc) is 2.72. The van der Waals surface area contributed by atoms with Gasteiger partial charge in [-0.05, 0) is 70.2 Å². The van der Waals surface area contributed by atoms with Gasteiger partial charge in [-0.15, -0.1) is 0 Å². The summed E-state index contributed by atoms with van der Waals surface area (Å²) in [7, 11) is 0. The minimum atomic E-state index is -0.0634. The number of ether oxygens (including phenoxy) is 2. The molecular weight excluding hydrogens is 380 g/mol. The second kappa shape index (κ2) is 17.7. The van der Waals surface area contributed by atoms with Gasteiger partial charge in [-0.25, -0.2) is 0 Å². The van der Waals surface area contributed by atoms with E-state index in [0.29, 0.717) is 5.92 Å². The van der Waals surface area contributed by atoms with E-state index < -0.39 is 0 Å². The van der Waals surface area contributed by atoms with Gasteiger partial charge in [-0.1, -0.05) is 91.3 Å². The van der Waals surface area contributed by atoms with Crippen LogP contribution in [-0.2, 0) is 0 Å². The Kier molecular flexibility index (Phi) is 17.8. The topological polar surface area (TPSA) is 18.5 Å². The quantitative estimate of drug-likeness (QED) is 0.454. The van der Waals surface area contributed by atoms with E-state index in [2.05, 4.69) is 87.4 Å². The number of para-hydroxylation sites is 2. The van der Waals surface area contributed by atoms with Crippen molar-refractivity contribution in [3.8, 4) is 11.5 Å². The van der Waals surface area contributed by atoms with E-state index in [1.807, 2.05) is 44.2 Å². The predicted molar refractivity (Wildman–Crippen MR) is 140 cm³/mol. The molecule has 0 saturated heterocycles. The minimum Gasteiger partial charge on any atom is -0.491 e. The number of rotatable bonds is 6. The first-order valence-electron chi connectivity index (χ1n) is 12.1. The summed E-state index contributed by atoms with van der Waals surface area (Å²) in [6, 6.07) is 16.4. The summed E-state index contributed by atoms with van der Waals surface area (Å²) in [4.78, 5) is 0. The summed E-state index contributed by atoms with van der Waals surface area (Å²) in [5.74, 6) is 2.54. The molecule has 0 N–H and O–H groups in total. The Hall–Kier alpha value is -1.96. The molecule has 0 atom stereocenters. The molecule has 178 valence electrons. The summed E-state index contributed by atoms with van der Waals surface area (Å²) in [5, 5.41) is 0. The van der Waals surface area contributed by atoms with Gasteiger partial charge in [-0.3, -0.25) is 0 Å². The molecule has 2 rings (SSSR count). The Bertz CT molecular complexity index is 672. The molecule has 0 aliphatic rings. The van der Waals surface area contributed by atoms with Gasteiger partial charge in [0.15, 0.2) is 0 Å². The fourth-order valence-electron chi connectivity index (χ4n) is 2.36. The maximum Gasteiger partial charge on any atom is 0.123 e. The Morgan fingerprint density at radius 2 is 1.23 bits per heavy atom. The van der Waals surface area contributed by atoms with Crippen LogP contribution in [0.4, 0.5) is 0 Å². The maximum atomic E-state index is 5.88. The molecule has 0 aliphatic carbocycles. The largest absolute Gasteiger partial charge is 0.491 e. The van der Waals surface area contributed by atoms with Crippen LogP contribution in [-0.4, -0.2) is 11.7 Å². The van der Waals surface area contributed by atoms with Crippen molar-refractivity contribution < 1.29 is 9.47 Å². The van der Waals surface area contributed by atoms with E-state index in [0.717, 1.165) is 17.9 Å². The van der Waals surface area contributed by atoms with Crippen molar-refractivity contribution in [1.29, 1.82) is 0 Å². The van der Waals surface area contributed by atoms with Crippen LogP contribution in [0.3, 0.4) is 0 Å². The van der Waals surface area contributed by atoms with Crippen LogP contribution in [0.1, 0.15) is 106 Å². The summed E-state index contributed by atoms with van der Waals surface area (Å²) >= 11 is 0. The van der Waals surface area contributed by atoms with Crippen molar-refractivity contribution in [2.75, 3.05) is 0 Å². The van der Waals surface area contributed by atoms with Gasteiger partial charge in [-0.2, -0.15) is 0 Å². The van der Waals surface area contributed by atoms with Crippen molar-refractivity contribution in [3.63, 3.8) is 0 Å². The Morgan fingerprint density at radius 1 is 0.774 bits per heavy atom. The molecular formula is C29H50O2. The van der Waals surface area contributed by atoms with Crippen molar-refractivity contribution in [2.24, 2.45) is 0 Å². The Morgan fingerprint density at radius 3 is 1.65 bits per heavy atom. The summed E-state index contributed by atoms with van der Waals surface area (Å²) in [5.41, 5.74) is 2.42. The molecule has 2 heteroatoms. The van der Waals surface area contributed by atoms with Crippen LogP contribution in [0.5, 0.6) is 11.5 Å². The monoisotopic (exact) mass is 430 g/mol. The van der Waals surface area contributed by atoms with Crippen molar-refractivity contribution in [3.05, 3.63) is 59.7 Å². The van der Waals surface area contributed by atoms with E-state index in [1.54, 1.807) is 0 Å². The number of benzene rings is 2. The highest BCUT2D eigenvalue weighted by molar-refractivity contribution is 5.35. The van der Waals surface area contributed by atoms with Crippen LogP contribution < -0.4 is 9.47 Å². The van der Waals surface area contributed by atoms with Crippen LogP contribution in [0, 0.1) is 6.92 Å². The highest BCUT2D eigenvalue weighted by Crippen LogP contribution is 2.26. The lowest BCUT2D eigenvalue weighted by Gasteiger charge is -2.25. The molecule has 0 fully saturated rings. The highest BCUT2D eigenvalue weighted by Gasteiger charge is 2.17. The van der Waals surface area contributed by atoms with E-state index in [4.69, 9.17) is 9.47 Å². The van der Waals surface area contributed by atoms with Gasteiger partial charge in [0.25, 0.3) is 0 Å². The zero-order valence-electron chi connectivity index (χ0n) is 22.5. The molecule has 0 saturated carbocycles. The van der Waals surface area contributed by atoms with E-state index in [-0.39, 0.29) is 11.7 Å². The third-order valence-electron chi connectivity index (χ3n) is 4.23. The lowest BCUT2D eigenvalue weighted by molar-refractivity contribution is 0.104. The molecule has 0 amide bonds.